The highest BCUT2D eigenvalue weighted by atomic mass is 79.9. The van der Waals surface area contributed by atoms with E-state index in [1.54, 1.807) is 18.2 Å². The molecule has 1 heterocycles. The van der Waals surface area contributed by atoms with Crippen LogP contribution in [0.4, 0.5) is 0 Å². The predicted molar refractivity (Wildman–Crippen MR) is 79.2 cm³/mol. The minimum atomic E-state index is -0.592. The predicted octanol–water partition coefficient (Wildman–Crippen LogP) is 1.39. The second-order valence-electron chi connectivity index (χ2n) is 4.61. The second kappa shape index (κ2) is 5.20. The molecule has 0 N–H and O–H groups in total. The zero-order chi connectivity index (χ0) is 15.0. The summed E-state index contributed by atoms with van der Waals surface area (Å²) < 4.78 is 2.77. The van der Waals surface area contributed by atoms with Crippen molar-refractivity contribution in [3.8, 4) is 0 Å². The SMILES string of the molecule is Cc1ccc(C(=O)c2cn(C)c(=O)n(C)c2=O)c(Br)c1. The summed E-state index contributed by atoms with van der Waals surface area (Å²) >= 11 is 3.32. The highest BCUT2D eigenvalue weighted by molar-refractivity contribution is 9.10. The van der Waals surface area contributed by atoms with E-state index in [4.69, 9.17) is 0 Å². The molecule has 2 rings (SSSR count). The zero-order valence-electron chi connectivity index (χ0n) is 11.3. The van der Waals surface area contributed by atoms with Gasteiger partial charge in [0, 0.05) is 30.3 Å². The summed E-state index contributed by atoms with van der Waals surface area (Å²) in [6, 6.07) is 5.26. The highest BCUT2D eigenvalue weighted by Gasteiger charge is 2.18. The van der Waals surface area contributed by atoms with Crippen LogP contribution in [-0.2, 0) is 14.1 Å². The molecule has 1 aromatic heterocycles. The number of aromatic nitrogens is 2. The molecule has 0 bridgehead atoms. The number of ketones is 1. The maximum absolute atomic E-state index is 12.5. The first-order valence-electron chi connectivity index (χ1n) is 5.90. The third-order valence-electron chi connectivity index (χ3n) is 3.06. The lowest BCUT2D eigenvalue weighted by Crippen LogP contribution is -2.39. The van der Waals surface area contributed by atoms with Gasteiger partial charge in [-0.3, -0.25) is 14.2 Å². The van der Waals surface area contributed by atoms with Gasteiger partial charge in [-0.15, -0.1) is 0 Å². The minimum Gasteiger partial charge on any atom is -0.303 e. The van der Waals surface area contributed by atoms with Gasteiger partial charge in [0.2, 0.25) is 5.78 Å². The Kier molecular flexibility index (Phi) is 3.76. The van der Waals surface area contributed by atoms with Crippen LogP contribution in [0.2, 0.25) is 0 Å². The zero-order valence-corrected chi connectivity index (χ0v) is 12.9. The molecule has 0 amide bonds. The van der Waals surface area contributed by atoms with Gasteiger partial charge < -0.3 is 4.57 Å². The number of hydrogen-bond donors (Lipinski definition) is 0. The standard InChI is InChI=1S/C14H13BrN2O3/c1-8-4-5-9(11(15)6-8)12(18)10-7-16(2)14(20)17(3)13(10)19/h4-7H,1-3H3. The number of carbonyl (C=O) groups excluding carboxylic acids is 1. The normalized spacial score (nSPS) is 10.6. The molecule has 1 aromatic carbocycles. The number of carbonyl (C=O) groups is 1. The summed E-state index contributed by atoms with van der Waals surface area (Å²) in [5.41, 5.74) is 0.312. The fourth-order valence-corrected chi connectivity index (χ4v) is 2.59. The van der Waals surface area contributed by atoms with E-state index in [0.717, 1.165) is 10.1 Å². The summed E-state index contributed by atoms with van der Waals surface area (Å²) in [5, 5.41) is 0. The number of aryl methyl sites for hydroxylation is 2. The molecule has 0 saturated heterocycles. The molecular formula is C14H13BrN2O3. The van der Waals surface area contributed by atoms with Crippen molar-refractivity contribution in [2.75, 3.05) is 0 Å². The average molecular weight is 337 g/mol. The molecule has 0 spiro atoms. The van der Waals surface area contributed by atoms with E-state index in [1.807, 2.05) is 6.92 Å². The molecule has 0 atom stereocenters. The van der Waals surface area contributed by atoms with Gasteiger partial charge in [-0.1, -0.05) is 22.0 Å². The Morgan fingerprint density at radius 3 is 2.40 bits per heavy atom. The van der Waals surface area contributed by atoms with Crippen LogP contribution in [0.15, 0.2) is 38.5 Å². The molecule has 0 aliphatic rings. The van der Waals surface area contributed by atoms with Gasteiger partial charge in [-0.05, 0) is 24.6 Å². The molecule has 20 heavy (non-hydrogen) atoms. The fourth-order valence-electron chi connectivity index (χ4n) is 1.91. The molecule has 5 nitrogen and oxygen atoms in total. The van der Waals surface area contributed by atoms with Crippen molar-refractivity contribution in [2.45, 2.75) is 6.92 Å². The number of benzene rings is 1. The van der Waals surface area contributed by atoms with Crippen molar-refractivity contribution in [1.82, 2.24) is 9.13 Å². The number of hydrogen-bond acceptors (Lipinski definition) is 3. The monoisotopic (exact) mass is 336 g/mol. The quantitative estimate of drug-likeness (QED) is 0.778. The molecule has 0 radical (unpaired) electrons. The van der Waals surface area contributed by atoms with Crippen LogP contribution in [0.3, 0.4) is 0 Å². The first-order chi connectivity index (χ1) is 9.32. The average Bonchev–Trinajstić information content (AvgIpc) is 2.40. The van der Waals surface area contributed by atoms with Crippen LogP contribution in [0, 0.1) is 6.92 Å². The molecular weight excluding hydrogens is 324 g/mol. The highest BCUT2D eigenvalue weighted by Crippen LogP contribution is 2.20. The topological polar surface area (TPSA) is 61.1 Å². The molecule has 0 saturated carbocycles. The molecule has 104 valence electrons. The van der Waals surface area contributed by atoms with E-state index in [0.29, 0.717) is 10.0 Å². The smallest absolute Gasteiger partial charge is 0.303 e. The van der Waals surface area contributed by atoms with Gasteiger partial charge in [0.25, 0.3) is 5.56 Å². The summed E-state index contributed by atoms with van der Waals surface area (Å²) in [6.07, 6.45) is 1.28. The van der Waals surface area contributed by atoms with Gasteiger partial charge in [-0.2, -0.15) is 0 Å². The van der Waals surface area contributed by atoms with Crippen molar-refractivity contribution in [3.63, 3.8) is 0 Å². The van der Waals surface area contributed by atoms with Gasteiger partial charge >= 0.3 is 5.69 Å². The van der Waals surface area contributed by atoms with Gasteiger partial charge in [-0.25, -0.2) is 4.79 Å². The van der Waals surface area contributed by atoms with Crippen LogP contribution in [0.1, 0.15) is 21.5 Å². The summed E-state index contributed by atoms with van der Waals surface area (Å²) in [7, 11) is 2.86. The number of halogens is 1. The van der Waals surface area contributed by atoms with Crippen LogP contribution in [-0.4, -0.2) is 14.9 Å². The maximum Gasteiger partial charge on any atom is 0.330 e. The van der Waals surface area contributed by atoms with Crippen molar-refractivity contribution in [3.05, 3.63) is 66.4 Å². The Hall–Kier alpha value is -1.95. The van der Waals surface area contributed by atoms with E-state index >= 15 is 0 Å². The third-order valence-corrected chi connectivity index (χ3v) is 3.72. The molecule has 2 aromatic rings. The first kappa shape index (κ1) is 14.5. The Balaban J connectivity index is 2.66. The summed E-state index contributed by atoms with van der Waals surface area (Å²) in [4.78, 5) is 36.1. The molecule has 0 aliphatic carbocycles. The number of rotatable bonds is 2. The van der Waals surface area contributed by atoms with E-state index in [1.165, 1.54) is 24.9 Å². The first-order valence-corrected chi connectivity index (χ1v) is 6.69. The lowest BCUT2D eigenvalue weighted by Gasteiger charge is -2.07. The second-order valence-corrected chi connectivity index (χ2v) is 5.47. The van der Waals surface area contributed by atoms with Crippen molar-refractivity contribution in [1.29, 1.82) is 0 Å². The molecule has 0 aliphatic heterocycles. The van der Waals surface area contributed by atoms with Crippen molar-refractivity contribution >= 4 is 21.7 Å². The van der Waals surface area contributed by atoms with Crippen LogP contribution in [0.5, 0.6) is 0 Å². The van der Waals surface area contributed by atoms with Crippen LogP contribution < -0.4 is 11.2 Å². The largest absolute Gasteiger partial charge is 0.330 e. The summed E-state index contributed by atoms with van der Waals surface area (Å²) in [5.74, 6) is -0.409. The van der Waals surface area contributed by atoms with E-state index in [2.05, 4.69) is 15.9 Å². The van der Waals surface area contributed by atoms with Gasteiger partial charge in [0.1, 0.15) is 5.56 Å². The number of nitrogens with zero attached hydrogens (tertiary/aromatic N) is 2. The van der Waals surface area contributed by atoms with Gasteiger partial charge in [0.05, 0.1) is 0 Å². The van der Waals surface area contributed by atoms with Crippen molar-refractivity contribution in [2.24, 2.45) is 14.1 Å². The third kappa shape index (κ3) is 2.38. The van der Waals surface area contributed by atoms with Crippen LogP contribution in [0.25, 0.3) is 0 Å². The lowest BCUT2D eigenvalue weighted by atomic mass is 10.0. The molecule has 0 unspecified atom stereocenters. The Morgan fingerprint density at radius 2 is 1.80 bits per heavy atom. The maximum atomic E-state index is 12.5. The van der Waals surface area contributed by atoms with E-state index in [9.17, 15) is 14.4 Å². The van der Waals surface area contributed by atoms with E-state index < -0.39 is 17.0 Å². The molecule has 6 heteroatoms. The van der Waals surface area contributed by atoms with E-state index in [-0.39, 0.29) is 5.56 Å². The summed E-state index contributed by atoms with van der Waals surface area (Å²) in [6.45, 7) is 1.91. The lowest BCUT2D eigenvalue weighted by molar-refractivity contribution is 0.103. The fraction of sp³-hybridized carbons (Fsp3) is 0.214. The molecule has 0 fully saturated rings. The van der Waals surface area contributed by atoms with Crippen molar-refractivity contribution < 1.29 is 4.79 Å². The van der Waals surface area contributed by atoms with Crippen LogP contribution >= 0.6 is 15.9 Å². The minimum absolute atomic E-state index is 0.0286. The Labute approximate surface area is 123 Å². The Morgan fingerprint density at radius 1 is 1.15 bits per heavy atom. The Bertz CT molecular complexity index is 818. The van der Waals surface area contributed by atoms with Gasteiger partial charge in [0.15, 0.2) is 0 Å².